The molecule has 0 spiro atoms. The summed E-state index contributed by atoms with van der Waals surface area (Å²) in [6.45, 7) is 1.85. The number of nitrogens with zero attached hydrogens (tertiary/aromatic N) is 1. The molecule has 0 saturated carbocycles. The maximum atomic E-state index is 11.8. The number of aryl methyl sites for hydroxylation is 1. The number of carbonyl (C=O) groups excluding carboxylic acids is 1. The summed E-state index contributed by atoms with van der Waals surface area (Å²) in [6.07, 6.45) is 1.38. The first-order valence-corrected chi connectivity index (χ1v) is 5.35. The van der Waals surface area contributed by atoms with E-state index >= 15 is 0 Å². The molecule has 2 aromatic rings. The van der Waals surface area contributed by atoms with Gasteiger partial charge in [0.25, 0.3) is 0 Å². The number of hydrogen-bond acceptors (Lipinski definition) is 3. The van der Waals surface area contributed by atoms with Gasteiger partial charge in [-0.25, -0.2) is 9.78 Å². The van der Waals surface area contributed by atoms with Crippen molar-refractivity contribution in [3.05, 3.63) is 58.7 Å². The first kappa shape index (κ1) is 11.6. The van der Waals surface area contributed by atoms with Crippen LogP contribution in [0.3, 0.4) is 0 Å². The van der Waals surface area contributed by atoms with Crippen molar-refractivity contribution < 1.29 is 9.53 Å². The fraction of sp³-hybridized carbons (Fsp3) is 0.0769. The molecule has 0 unspecified atom stereocenters. The normalized spacial score (nSPS) is 10.0. The fourth-order valence-electron chi connectivity index (χ4n) is 1.33. The first-order valence-electron chi connectivity index (χ1n) is 4.98. The number of rotatable bonds is 2. The van der Waals surface area contributed by atoms with Crippen LogP contribution in [0.25, 0.3) is 0 Å². The van der Waals surface area contributed by atoms with Gasteiger partial charge in [-0.1, -0.05) is 29.8 Å². The van der Waals surface area contributed by atoms with Gasteiger partial charge in [-0.15, -0.1) is 0 Å². The average Bonchev–Trinajstić information content (AvgIpc) is 2.32. The average molecular weight is 247 g/mol. The summed E-state index contributed by atoms with van der Waals surface area (Å²) in [5.41, 5.74) is 1.37. The largest absolute Gasteiger partial charge is 0.404 e. The predicted molar refractivity (Wildman–Crippen MR) is 64.2 cm³/mol. The minimum Gasteiger partial charge on any atom is -0.404 e. The molecule has 1 aromatic heterocycles. The van der Waals surface area contributed by atoms with E-state index in [1.165, 1.54) is 12.3 Å². The monoisotopic (exact) mass is 246 g/mol. The molecule has 1 heterocycles. The second-order valence-electron chi connectivity index (χ2n) is 3.44. The molecule has 0 aliphatic carbocycles. The van der Waals surface area contributed by atoms with E-state index in [0.717, 1.165) is 5.56 Å². The SMILES string of the molecule is Cc1ccccc1C(=O)Oc1c[c]c(Cl)cn1. The van der Waals surface area contributed by atoms with E-state index in [4.69, 9.17) is 16.3 Å². The van der Waals surface area contributed by atoms with Crippen LogP contribution in [0, 0.1) is 13.0 Å². The minimum atomic E-state index is -0.439. The summed E-state index contributed by atoms with van der Waals surface area (Å²) in [4.78, 5) is 15.7. The number of benzene rings is 1. The second kappa shape index (κ2) is 4.97. The Kier molecular flexibility index (Phi) is 3.40. The standard InChI is InChI=1S/C13H9ClNO2/c1-9-4-2-3-5-11(9)13(16)17-12-7-6-10(14)8-15-12/h2-5,7-8H,1H3. The van der Waals surface area contributed by atoms with Gasteiger partial charge in [0, 0.05) is 12.1 Å². The zero-order valence-corrected chi connectivity index (χ0v) is 9.86. The maximum absolute atomic E-state index is 11.8. The van der Waals surface area contributed by atoms with Gasteiger partial charge in [0.2, 0.25) is 5.88 Å². The molecule has 17 heavy (non-hydrogen) atoms. The zero-order valence-electron chi connectivity index (χ0n) is 9.11. The summed E-state index contributed by atoms with van der Waals surface area (Å²) < 4.78 is 5.10. The van der Waals surface area contributed by atoms with E-state index in [1.807, 2.05) is 19.1 Å². The molecule has 0 N–H and O–H groups in total. The Labute approximate surface area is 104 Å². The summed E-state index contributed by atoms with van der Waals surface area (Å²) in [6, 6.07) is 11.3. The number of aromatic nitrogens is 1. The molecule has 0 aliphatic heterocycles. The lowest BCUT2D eigenvalue weighted by atomic mass is 10.1. The Morgan fingerprint density at radius 2 is 2.18 bits per heavy atom. The van der Waals surface area contributed by atoms with Gasteiger partial charge in [-0.05, 0) is 18.6 Å². The van der Waals surface area contributed by atoms with Crippen molar-refractivity contribution >= 4 is 17.6 Å². The molecule has 1 aromatic carbocycles. The van der Waals surface area contributed by atoms with Crippen LogP contribution in [0.1, 0.15) is 15.9 Å². The van der Waals surface area contributed by atoms with Crippen LogP contribution >= 0.6 is 11.6 Å². The van der Waals surface area contributed by atoms with E-state index in [2.05, 4.69) is 11.1 Å². The molecule has 0 bridgehead atoms. The molecular weight excluding hydrogens is 238 g/mol. The number of pyridine rings is 1. The van der Waals surface area contributed by atoms with Crippen LogP contribution < -0.4 is 4.74 Å². The highest BCUT2D eigenvalue weighted by atomic mass is 35.5. The zero-order chi connectivity index (χ0) is 12.3. The van der Waals surface area contributed by atoms with Gasteiger partial charge in [-0.2, -0.15) is 0 Å². The number of carbonyl (C=O) groups is 1. The second-order valence-corrected chi connectivity index (χ2v) is 3.84. The lowest BCUT2D eigenvalue weighted by Gasteiger charge is -2.05. The van der Waals surface area contributed by atoms with Crippen molar-refractivity contribution in [3.63, 3.8) is 0 Å². The summed E-state index contributed by atoms with van der Waals surface area (Å²) in [7, 11) is 0. The highest BCUT2D eigenvalue weighted by Gasteiger charge is 2.11. The molecule has 0 atom stereocenters. The topological polar surface area (TPSA) is 39.2 Å². The van der Waals surface area contributed by atoms with E-state index < -0.39 is 5.97 Å². The molecule has 2 rings (SSSR count). The molecule has 0 amide bonds. The van der Waals surface area contributed by atoms with E-state index in [0.29, 0.717) is 10.6 Å². The number of ether oxygens (including phenoxy) is 1. The number of halogens is 1. The molecule has 0 fully saturated rings. The van der Waals surface area contributed by atoms with Crippen LogP contribution in [0.5, 0.6) is 5.88 Å². The van der Waals surface area contributed by atoms with E-state index in [9.17, 15) is 4.79 Å². The Hall–Kier alpha value is -1.87. The third-order valence-electron chi connectivity index (χ3n) is 2.20. The number of esters is 1. The van der Waals surface area contributed by atoms with Gasteiger partial charge < -0.3 is 4.74 Å². The molecule has 0 saturated heterocycles. The molecule has 3 nitrogen and oxygen atoms in total. The lowest BCUT2D eigenvalue weighted by Crippen LogP contribution is -2.10. The highest BCUT2D eigenvalue weighted by molar-refractivity contribution is 6.30. The Morgan fingerprint density at radius 1 is 1.41 bits per heavy atom. The van der Waals surface area contributed by atoms with E-state index in [1.54, 1.807) is 12.1 Å². The van der Waals surface area contributed by atoms with Crippen molar-refractivity contribution in [2.45, 2.75) is 6.92 Å². The van der Waals surface area contributed by atoms with Crippen molar-refractivity contribution in [2.24, 2.45) is 0 Å². The maximum Gasteiger partial charge on any atom is 0.345 e. The van der Waals surface area contributed by atoms with Crippen LogP contribution in [-0.4, -0.2) is 11.0 Å². The van der Waals surface area contributed by atoms with E-state index in [-0.39, 0.29) is 5.88 Å². The summed E-state index contributed by atoms with van der Waals surface area (Å²) in [5.74, 6) is -0.256. The third-order valence-corrected chi connectivity index (χ3v) is 2.41. The van der Waals surface area contributed by atoms with Crippen LogP contribution in [0.2, 0.25) is 5.02 Å². The first-order chi connectivity index (χ1) is 8.16. The van der Waals surface area contributed by atoms with Crippen LogP contribution in [0.15, 0.2) is 36.5 Å². The lowest BCUT2D eigenvalue weighted by molar-refractivity contribution is 0.0727. The highest BCUT2D eigenvalue weighted by Crippen LogP contribution is 2.14. The summed E-state index contributed by atoms with van der Waals surface area (Å²) >= 11 is 5.63. The smallest absolute Gasteiger partial charge is 0.345 e. The molecule has 4 heteroatoms. The quantitative estimate of drug-likeness (QED) is 0.765. The minimum absolute atomic E-state index is 0.183. The van der Waals surface area contributed by atoms with Gasteiger partial charge in [-0.3, -0.25) is 0 Å². The third kappa shape index (κ3) is 2.82. The molecule has 0 aliphatic rings. The van der Waals surface area contributed by atoms with Crippen LogP contribution in [-0.2, 0) is 0 Å². The van der Waals surface area contributed by atoms with Crippen molar-refractivity contribution in [2.75, 3.05) is 0 Å². The summed E-state index contributed by atoms with van der Waals surface area (Å²) in [5, 5.41) is 0.376. The Morgan fingerprint density at radius 3 is 2.82 bits per heavy atom. The predicted octanol–water partition coefficient (Wildman–Crippen LogP) is 3.06. The van der Waals surface area contributed by atoms with Crippen molar-refractivity contribution in [3.8, 4) is 5.88 Å². The molecular formula is C13H9ClNO2. The van der Waals surface area contributed by atoms with Gasteiger partial charge in [0.15, 0.2) is 0 Å². The molecule has 1 radical (unpaired) electrons. The van der Waals surface area contributed by atoms with Crippen LogP contribution in [0.4, 0.5) is 0 Å². The van der Waals surface area contributed by atoms with Gasteiger partial charge in [0.1, 0.15) is 0 Å². The van der Waals surface area contributed by atoms with Gasteiger partial charge in [0.05, 0.1) is 16.8 Å². The van der Waals surface area contributed by atoms with Gasteiger partial charge >= 0.3 is 5.97 Å². The Balaban J connectivity index is 2.17. The molecule has 85 valence electrons. The number of hydrogen-bond donors (Lipinski definition) is 0. The van der Waals surface area contributed by atoms with Crippen molar-refractivity contribution in [1.29, 1.82) is 0 Å². The fourth-order valence-corrected chi connectivity index (χ4v) is 1.44. The Bertz CT molecular complexity index is 537. The van der Waals surface area contributed by atoms with Crippen molar-refractivity contribution in [1.82, 2.24) is 4.98 Å².